The summed E-state index contributed by atoms with van der Waals surface area (Å²) in [7, 11) is 0. The molecule has 1 amide bonds. The van der Waals surface area contributed by atoms with Gasteiger partial charge in [-0.05, 0) is 30.3 Å². The maximum atomic E-state index is 12.5. The molecular weight excluding hydrogens is 376 g/mol. The topological polar surface area (TPSA) is 78.3 Å². The van der Waals surface area contributed by atoms with E-state index in [9.17, 15) is 4.79 Å². The maximum absolute atomic E-state index is 12.5. The zero-order chi connectivity index (χ0) is 18.9. The number of ether oxygens (including phenoxy) is 2. The summed E-state index contributed by atoms with van der Waals surface area (Å²) in [5.74, 6) is 1.31. The van der Waals surface area contributed by atoms with Gasteiger partial charge in [-0.15, -0.1) is 11.3 Å². The van der Waals surface area contributed by atoms with Gasteiger partial charge >= 0.3 is 0 Å². The van der Waals surface area contributed by atoms with Crippen LogP contribution in [0.3, 0.4) is 0 Å². The standard InChI is InChI=1S/C20H16N4O3S/c25-20(13-5-6-16-19(7-13)28-12-21-16)23-14-8-22-24(9-14)10-15-11-26-17-3-1-2-4-18(17)27-15/h1-9,12,15H,10-11H2,(H,23,25)/t15-/m0/s1. The Kier molecular flexibility index (Phi) is 4.17. The number of nitrogens with zero attached hydrogens (tertiary/aromatic N) is 3. The van der Waals surface area contributed by atoms with Crippen molar-refractivity contribution in [2.45, 2.75) is 12.6 Å². The maximum Gasteiger partial charge on any atom is 0.255 e. The van der Waals surface area contributed by atoms with Crippen LogP contribution in [0.25, 0.3) is 10.2 Å². The number of carbonyl (C=O) groups is 1. The van der Waals surface area contributed by atoms with Gasteiger partial charge in [-0.3, -0.25) is 9.48 Å². The summed E-state index contributed by atoms with van der Waals surface area (Å²) in [6, 6.07) is 13.1. The largest absolute Gasteiger partial charge is 0.486 e. The van der Waals surface area contributed by atoms with Gasteiger partial charge in [-0.2, -0.15) is 5.10 Å². The highest BCUT2D eigenvalue weighted by atomic mass is 32.1. The fourth-order valence-electron chi connectivity index (χ4n) is 3.09. The number of benzene rings is 2. The highest BCUT2D eigenvalue weighted by Crippen LogP contribution is 2.31. The van der Waals surface area contributed by atoms with E-state index in [1.165, 1.54) is 11.3 Å². The Morgan fingerprint density at radius 1 is 1.25 bits per heavy atom. The number of amides is 1. The third kappa shape index (κ3) is 3.29. The Bertz CT molecular complexity index is 1150. The first-order valence-corrected chi connectivity index (χ1v) is 9.68. The van der Waals surface area contributed by atoms with Crippen LogP contribution in [0.15, 0.2) is 60.4 Å². The molecule has 0 unspecified atom stereocenters. The van der Waals surface area contributed by atoms with Crippen LogP contribution < -0.4 is 14.8 Å². The molecule has 0 radical (unpaired) electrons. The highest BCUT2D eigenvalue weighted by molar-refractivity contribution is 7.16. The molecule has 0 aliphatic carbocycles. The zero-order valence-corrected chi connectivity index (χ0v) is 15.6. The van der Waals surface area contributed by atoms with Gasteiger partial charge in [-0.25, -0.2) is 4.98 Å². The van der Waals surface area contributed by atoms with Crippen LogP contribution in [-0.2, 0) is 6.54 Å². The Morgan fingerprint density at radius 2 is 2.14 bits per heavy atom. The molecule has 2 aromatic heterocycles. The van der Waals surface area contributed by atoms with Crippen molar-refractivity contribution in [2.75, 3.05) is 11.9 Å². The third-order valence-corrected chi connectivity index (χ3v) is 5.23. The van der Waals surface area contributed by atoms with Crippen LogP contribution >= 0.6 is 11.3 Å². The van der Waals surface area contributed by atoms with E-state index in [1.807, 2.05) is 36.4 Å². The molecule has 0 fully saturated rings. The molecule has 0 saturated heterocycles. The number of rotatable bonds is 4. The molecule has 2 aromatic carbocycles. The zero-order valence-electron chi connectivity index (χ0n) is 14.7. The number of nitrogens with one attached hydrogen (secondary N) is 1. The molecule has 0 saturated carbocycles. The molecule has 1 aliphatic heterocycles. The SMILES string of the molecule is O=C(Nc1cnn(C[C@H]2COc3ccccc3O2)c1)c1ccc2ncsc2c1. The molecule has 1 N–H and O–H groups in total. The van der Waals surface area contributed by atoms with Crippen molar-refractivity contribution >= 4 is 33.1 Å². The Morgan fingerprint density at radius 3 is 3.07 bits per heavy atom. The van der Waals surface area contributed by atoms with Crippen LogP contribution in [0, 0.1) is 0 Å². The predicted molar refractivity (Wildman–Crippen MR) is 106 cm³/mol. The number of hydrogen-bond donors (Lipinski definition) is 1. The van der Waals surface area contributed by atoms with Gasteiger partial charge in [0.25, 0.3) is 5.91 Å². The Labute approximate surface area is 164 Å². The molecule has 0 bridgehead atoms. The number of aromatic nitrogens is 3. The van der Waals surface area contributed by atoms with Crippen LogP contribution in [0.5, 0.6) is 11.5 Å². The fraction of sp³-hybridized carbons (Fsp3) is 0.150. The first-order chi connectivity index (χ1) is 13.7. The lowest BCUT2D eigenvalue weighted by Crippen LogP contribution is -2.33. The van der Waals surface area contributed by atoms with Gasteiger partial charge in [0.05, 0.1) is 34.2 Å². The molecule has 1 aliphatic rings. The summed E-state index contributed by atoms with van der Waals surface area (Å²) >= 11 is 1.51. The number of para-hydroxylation sites is 2. The second kappa shape index (κ2) is 6.97. The minimum absolute atomic E-state index is 0.146. The van der Waals surface area contributed by atoms with Gasteiger partial charge in [-0.1, -0.05) is 12.1 Å². The molecule has 5 rings (SSSR count). The van der Waals surface area contributed by atoms with Gasteiger partial charge in [0.1, 0.15) is 6.61 Å². The molecule has 7 nitrogen and oxygen atoms in total. The number of thiazole rings is 1. The quantitative estimate of drug-likeness (QED) is 0.574. The van der Waals surface area contributed by atoms with Crippen molar-refractivity contribution in [3.63, 3.8) is 0 Å². The highest BCUT2D eigenvalue weighted by Gasteiger charge is 2.21. The van der Waals surface area contributed by atoms with Crippen LogP contribution in [0.1, 0.15) is 10.4 Å². The summed E-state index contributed by atoms with van der Waals surface area (Å²) in [5, 5.41) is 7.19. The lowest BCUT2D eigenvalue weighted by Gasteiger charge is -2.26. The lowest BCUT2D eigenvalue weighted by molar-refractivity contribution is 0.0759. The van der Waals surface area contributed by atoms with Gasteiger partial charge < -0.3 is 14.8 Å². The first kappa shape index (κ1) is 16.8. The first-order valence-electron chi connectivity index (χ1n) is 8.80. The molecule has 8 heteroatoms. The molecule has 140 valence electrons. The summed E-state index contributed by atoms with van der Waals surface area (Å²) in [6.45, 7) is 0.977. The Balaban J connectivity index is 1.24. The minimum atomic E-state index is -0.180. The van der Waals surface area contributed by atoms with Crippen molar-refractivity contribution in [2.24, 2.45) is 0 Å². The van der Waals surface area contributed by atoms with Crippen molar-refractivity contribution < 1.29 is 14.3 Å². The van der Waals surface area contributed by atoms with Gasteiger partial charge in [0.2, 0.25) is 0 Å². The number of carbonyl (C=O) groups excluding carboxylic acids is 1. The minimum Gasteiger partial charge on any atom is -0.486 e. The van der Waals surface area contributed by atoms with Crippen LogP contribution in [-0.4, -0.2) is 33.4 Å². The average molecular weight is 392 g/mol. The summed E-state index contributed by atoms with van der Waals surface area (Å²) < 4.78 is 14.4. The van der Waals surface area contributed by atoms with E-state index in [0.29, 0.717) is 24.4 Å². The summed E-state index contributed by atoms with van der Waals surface area (Å²) in [4.78, 5) is 16.7. The van der Waals surface area contributed by atoms with Crippen molar-refractivity contribution in [3.05, 3.63) is 65.9 Å². The molecule has 1 atom stereocenters. The summed E-state index contributed by atoms with van der Waals surface area (Å²) in [6.07, 6.45) is 3.26. The van der Waals surface area contributed by atoms with Crippen molar-refractivity contribution in [1.29, 1.82) is 0 Å². The number of fused-ring (bicyclic) bond motifs is 2. The van der Waals surface area contributed by atoms with E-state index in [-0.39, 0.29) is 12.0 Å². The third-order valence-electron chi connectivity index (χ3n) is 4.44. The summed E-state index contributed by atoms with van der Waals surface area (Å²) in [5.41, 5.74) is 3.88. The van der Waals surface area contributed by atoms with E-state index in [0.717, 1.165) is 21.7 Å². The molecule has 0 spiro atoms. The normalized spacial score (nSPS) is 15.5. The second-order valence-corrected chi connectivity index (χ2v) is 7.32. The molecule has 3 heterocycles. The van der Waals surface area contributed by atoms with Crippen molar-refractivity contribution in [3.8, 4) is 11.5 Å². The monoisotopic (exact) mass is 392 g/mol. The Hall–Kier alpha value is -3.39. The van der Waals surface area contributed by atoms with Crippen molar-refractivity contribution in [1.82, 2.24) is 14.8 Å². The van der Waals surface area contributed by atoms with Gasteiger partial charge in [0, 0.05) is 11.8 Å². The van der Waals surface area contributed by atoms with Crippen LogP contribution in [0.4, 0.5) is 5.69 Å². The second-order valence-electron chi connectivity index (χ2n) is 6.44. The number of anilines is 1. The predicted octanol–water partition coefficient (Wildman–Crippen LogP) is 3.59. The fourth-order valence-corrected chi connectivity index (χ4v) is 3.81. The molecule has 4 aromatic rings. The van der Waals surface area contributed by atoms with E-state index in [4.69, 9.17) is 9.47 Å². The van der Waals surface area contributed by atoms with E-state index in [2.05, 4.69) is 15.4 Å². The van der Waals surface area contributed by atoms with E-state index >= 15 is 0 Å². The number of hydrogen-bond acceptors (Lipinski definition) is 6. The lowest BCUT2D eigenvalue weighted by atomic mass is 10.2. The van der Waals surface area contributed by atoms with Gasteiger partial charge in [0.15, 0.2) is 17.6 Å². The van der Waals surface area contributed by atoms with Crippen LogP contribution in [0.2, 0.25) is 0 Å². The van der Waals surface area contributed by atoms with E-state index in [1.54, 1.807) is 28.7 Å². The smallest absolute Gasteiger partial charge is 0.255 e. The molecular formula is C20H16N4O3S. The average Bonchev–Trinajstić information content (AvgIpc) is 3.36. The van der Waals surface area contributed by atoms with E-state index < -0.39 is 0 Å². The molecule has 28 heavy (non-hydrogen) atoms.